The molecule has 3 rings (SSSR count). The van der Waals surface area contributed by atoms with Gasteiger partial charge >= 0.3 is 0 Å². The predicted octanol–water partition coefficient (Wildman–Crippen LogP) is 3.50. The van der Waals surface area contributed by atoms with Gasteiger partial charge in [0.25, 0.3) is 0 Å². The summed E-state index contributed by atoms with van der Waals surface area (Å²) in [6.45, 7) is 0.541. The summed E-state index contributed by atoms with van der Waals surface area (Å²) in [5, 5.41) is 0. The van der Waals surface area contributed by atoms with Crippen LogP contribution < -0.4 is 0 Å². The van der Waals surface area contributed by atoms with Crippen LogP contribution in [-0.4, -0.2) is 12.5 Å². The Kier molecular flexibility index (Phi) is 2.92. The van der Waals surface area contributed by atoms with Crippen molar-refractivity contribution in [3.63, 3.8) is 0 Å². The molecular weight excluding hydrogens is 222 g/mol. The molecule has 0 radical (unpaired) electrons. The number of aliphatic imine (C=N–C) groups is 1. The molecule has 0 amide bonds. The van der Waals surface area contributed by atoms with Crippen molar-refractivity contribution in [2.75, 3.05) is 6.61 Å². The molecule has 0 aromatic heterocycles. The van der Waals surface area contributed by atoms with Crippen molar-refractivity contribution in [1.29, 1.82) is 0 Å². The Hall–Kier alpha value is -2.35. The lowest BCUT2D eigenvalue weighted by atomic mass is 10.2. The second-order valence-electron chi connectivity index (χ2n) is 4.12. The van der Waals surface area contributed by atoms with Crippen LogP contribution in [0.2, 0.25) is 0 Å². The van der Waals surface area contributed by atoms with Crippen LogP contribution in [0.4, 0.5) is 0 Å². The predicted molar refractivity (Wildman–Crippen MR) is 73.4 cm³/mol. The van der Waals surface area contributed by atoms with Crippen LogP contribution in [0.3, 0.4) is 0 Å². The second-order valence-corrected chi connectivity index (χ2v) is 4.12. The van der Waals surface area contributed by atoms with Gasteiger partial charge in [-0.2, -0.15) is 0 Å². The van der Waals surface area contributed by atoms with E-state index in [1.807, 2.05) is 48.5 Å². The van der Waals surface area contributed by atoms with Crippen LogP contribution >= 0.6 is 0 Å². The van der Waals surface area contributed by atoms with E-state index < -0.39 is 0 Å². The molecule has 0 unspecified atom stereocenters. The van der Waals surface area contributed by atoms with Gasteiger partial charge in [0, 0.05) is 5.56 Å². The van der Waals surface area contributed by atoms with Crippen molar-refractivity contribution < 1.29 is 4.74 Å². The molecule has 0 saturated heterocycles. The van der Waals surface area contributed by atoms with Gasteiger partial charge in [0.1, 0.15) is 6.61 Å². The molecule has 1 heterocycles. The minimum Gasteiger partial charge on any atom is -0.471 e. The Balaban J connectivity index is 1.86. The summed E-state index contributed by atoms with van der Waals surface area (Å²) in [6.07, 6.45) is 2.05. The van der Waals surface area contributed by atoms with Gasteiger partial charge in [0.15, 0.2) is 0 Å². The fourth-order valence-corrected chi connectivity index (χ4v) is 1.88. The van der Waals surface area contributed by atoms with Crippen molar-refractivity contribution in [3.05, 3.63) is 77.5 Å². The molecule has 18 heavy (non-hydrogen) atoms. The SMILES string of the molecule is C(=C1/COC(c2ccccc2)=N1)/c1ccccc1. The van der Waals surface area contributed by atoms with Crippen LogP contribution in [0, 0.1) is 0 Å². The fourth-order valence-electron chi connectivity index (χ4n) is 1.88. The molecular formula is C16H13NO. The van der Waals surface area contributed by atoms with Gasteiger partial charge in [0.2, 0.25) is 5.90 Å². The third-order valence-corrected chi connectivity index (χ3v) is 2.76. The first-order chi connectivity index (χ1) is 8.92. The summed E-state index contributed by atoms with van der Waals surface area (Å²) in [5.74, 6) is 0.706. The number of nitrogens with zero attached hydrogens (tertiary/aromatic N) is 1. The highest BCUT2D eigenvalue weighted by molar-refractivity contribution is 5.96. The molecule has 0 spiro atoms. The maximum Gasteiger partial charge on any atom is 0.221 e. The average Bonchev–Trinajstić information content (AvgIpc) is 2.89. The van der Waals surface area contributed by atoms with E-state index in [-0.39, 0.29) is 0 Å². The van der Waals surface area contributed by atoms with E-state index in [0.717, 1.165) is 16.8 Å². The van der Waals surface area contributed by atoms with E-state index in [0.29, 0.717) is 12.5 Å². The van der Waals surface area contributed by atoms with Gasteiger partial charge in [-0.05, 0) is 23.8 Å². The van der Waals surface area contributed by atoms with Crippen molar-refractivity contribution in [1.82, 2.24) is 0 Å². The normalized spacial score (nSPS) is 16.4. The van der Waals surface area contributed by atoms with Crippen molar-refractivity contribution in [3.8, 4) is 0 Å². The molecule has 0 saturated carbocycles. The quantitative estimate of drug-likeness (QED) is 0.780. The maximum atomic E-state index is 5.61. The molecule has 88 valence electrons. The molecule has 0 bridgehead atoms. The lowest BCUT2D eigenvalue weighted by Gasteiger charge is -1.98. The molecule has 0 aliphatic carbocycles. The molecule has 2 nitrogen and oxygen atoms in total. The summed E-state index contributed by atoms with van der Waals surface area (Å²) in [7, 11) is 0. The highest BCUT2D eigenvalue weighted by atomic mass is 16.5. The Labute approximate surface area is 106 Å². The number of rotatable bonds is 2. The Bertz CT molecular complexity index is 585. The second kappa shape index (κ2) is 4.88. The summed E-state index contributed by atoms with van der Waals surface area (Å²) in [6, 6.07) is 20.1. The van der Waals surface area contributed by atoms with Crippen LogP contribution in [0.25, 0.3) is 6.08 Å². The first-order valence-electron chi connectivity index (χ1n) is 5.94. The van der Waals surface area contributed by atoms with Crippen LogP contribution in [0.5, 0.6) is 0 Å². The molecule has 2 heteroatoms. The van der Waals surface area contributed by atoms with Gasteiger partial charge in [-0.1, -0.05) is 48.5 Å². The fraction of sp³-hybridized carbons (Fsp3) is 0.0625. The summed E-state index contributed by atoms with van der Waals surface area (Å²) < 4.78 is 5.61. The van der Waals surface area contributed by atoms with Gasteiger partial charge in [-0.25, -0.2) is 4.99 Å². The van der Waals surface area contributed by atoms with Gasteiger partial charge in [0.05, 0.1) is 5.70 Å². The van der Waals surface area contributed by atoms with E-state index in [1.165, 1.54) is 0 Å². The molecule has 2 aromatic rings. The third kappa shape index (κ3) is 2.33. The highest BCUT2D eigenvalue weighted by Gasteiger charge is 2.13. The van der Waals surface area contributed by atoms with Crippen LogP contribution in [0.1, 0.15) is 11.1 Å². The zero-order valence-corrected chi connectivity index (χ0v) is 9.91. The van der Waals surface area contributed by atoms with E-state index in [2.05, 4.69) is 23.2 Å². The molecule has 0 N–H and O–H groups in total. The van der Waals surface area contributed by atoms with E-state index in [4.69, 9.17) is 4.74 Å². The summed E-state index contributed by atoms with van der Waals surface area (Å²) in [4.78, 5) is 4.51. The standard InChI is InChI=1S/C16H13NO/c1-3-7-13(8-4-1)11-15-12-18-16(17-15)14-9-5-2-6-10-14/h1-11H,12H2/b15-11+. The zero-order valence-electron chi connectivity index (χ0n) is 9.91. The van der Waals surface area contributed by atoms with Crippen molar-refractivity contribution in [2.45, 2.75) is 0 Å². The average molecular weight is 235 g/mol. The number of hydrogen-bond donors (Lipinski definition) is 0. The topological polar surface area (TPSA) is 21.6 Å². The van der Waals surface area contributed by atoms with Crippen LogP contribution in [0.15, 0.2) is 71.4 Å². The molecule has 2 aromatic carbocycles. The van der Waals surface area contributed by atoms with E-state index in [9.17, 15) is 0 Å². The third-order valence-electron chi connectivity index (χ3n) is 2.76. The Morgan fingerprint density at radius 2 is 1.56 bits per heavy atom. The molecule has 0 atom stereocenters. The van der Waals surface area contributed by atoms with Crippen LogP contribution in [-0.2, 0) is 4.74 Å². The van der Waals surface area contributed by atoms with Gasteiger partial charge in [-0.15, -0.1) is 0 Å². The van der Waals surface area contributed by atoms with Gasteiger partial charge in [-0.3, -0.25) is 0 Å². The van der Waals surface area contributed by atoms with E-state index >= 15 is 0 Å². The monoisotopic (exact) mass is 235 g/mol. The molecule has 1 aliphatic heterocycles. The largest absolute Gasteiger partial charge is 0.471 e. The summed E-state index contributed by atoms with van der Waals surface area (Å²) >= 11 is 0. The number of ether oxygens (including phenoxy) is 1. The minimum atomic E-state index is 0.541. The van der Waals surface area contributed by atoms with Crippen molar-refractivity contribution >= 4 is 12.0 Å². The lowest BCUT2D eigenvalue weighted by molar-refractivity contribution is 0.365. The zero-order chi connectivity index (χ0) is 12.2. The minimum absolute atomic E-state index is 0.541. The maximum absolute atomic E-state index is 5.61. The lowest BCUT2D eigenvalue weighted by Crippen LogP contribution is -1.99. The van der Waals surface area contributed by atoms with E-state index in [1.54, 1.807) is 0 Å². The number of hydrogen-bond acceptors (Lipinski definition) is 2. The molecule has 1 aliphatic rings. The molecule has 0 fully saturated rings. The van der Waals surface area contributed by atoms with Crippen molar-refractivity contribution in [2.24, 2.45) is 4.99 Å². The number of benzene rings is 2. The Morgan fingerprint density at radius 1 is 0.889 bits per heavy atom. The van der Waals surface area contributed by atoms with Gasteiger partial charge < -0.3 is 4.74 Å². The highest BCUT2D eigenvalue weighted by Crippen LogP contribution is 2.17. The first kappa shape index (κ1) is 10.8. The summed E-state index contributed by atoms with van der Waals surface area (Å²) in [5.41, 5.74) is 3.13. The Morgan fingerprint density at radius 3 is 2.28 bits per heavy atom. The first-order valence-corrected chi connectivity index (χ1v) is 5.94. The smallest absolute Gasteiger partial charge is 0.221 e.